The van der Waals surface area contributed by atoms with Crippen LogP contribution in [0.2, 0.25) is 0 Å². The maximum absolute atomic E-state index is 11.2. The van der Waals surface area contributed by atoms with Crippen LogP contribution in [0.4, 0.5) is 0 Å². The number of nitrogens with one attached hydrogen (secondary N) is 1. The molecule has 0 aliphatic rings. The molecule has 0 aliphatic carbocycles. The lowest BCUT2D eigenvalue weighted by atomic mass is 10.2. The number of ether oxygens (including phenoxy) is 1. The Morgan fingerprint density at radius 3 is 2.50 bits per heavy atom. The molecule has 16 heavy (non-hydrogen) atoms. The molecule has 0 aliphatic heterocycles. The van der Waals surface area contributed by atoms with Crippen molar-refractivity contribution in [3.8, 4) is 0 Å². The maximum atomic E-state index is 11.2. The fourth-order valence-electron chi connectivity index (χ4n) is 1.09. The smallest absolute Gasteiger partial charge is 0.331 e. The normalized spacial score (nSPS) is 13.3. The van der Waals surface area contributed by atoms with Crippen molar-refractivity contribution in [2.75, 3.05) is 13.2 Å². The first-order valence-corrected chi connectivity index (χ1v) is 5.35. The second-order valence-electron chi connectivity index (χ2n) is 3.27. The number of aliphatic carboxylic acids is 1. The average molecular weight is 229 g/mol. The summed E-state index contributed by atoms with van der Waals surface area (Å²) in [5, 5.41) is 11.6. The first-order chi connectivity index (χ1) is 7.52. The van der Waals surface area contributed by atoms with Crippen LogP contribution in [0.15, 0.2) is 11.6 Å². The molecule has 5 heteroatoms. The summed E-state index contributed by atoms with van der Waals surface area (Å²) in [5.74, 6) is -1.25. The number of hydrogen-bond donors (Lipinski definition) is 2. The standard InChI is InChI=1S/C11H19NO4/c1-4-9(10(13)14)6-7-12-8(3)11(15)16-5-2/h6,8,12H,4-5,7H2,1-3H3,(H,13,14)/b9-6-. The summed E-state index contributed by atoms with van der Waals surface area (Å²) < 4.78 is 4.80. The molecule has 0 amide bonds. The Bertz CT molecular complexity index is 273. The summed E-state index contributed by atoms with van der Waals surface area (Å²) in [4.78, 5) is 21.9. The average Bonchev–Trinajstić information content (AvgIpc) is 2.23. The lowest BCUT2D eigenvalue weighted by Crippen LogP contribution is -2.35. The second-order valence-corrected chi connectivity index (χ2v) is 3.27. The number of hydrogen-bond acceptors (Lipinski definition) is 4. The van der Waals surface area contributed by atoms with E-state index in [1.54, 1.807) is 26.8 Å². The van der Waals surface area contributed by atoms with Gasteiger partial charge in [-0.15, -0.1) is 0 Å². The molecule has 0 aromatic rings. The van der Waals surface area contributed by atoms with Gasteiger partial charge in [0.25, 0.3) is 0 Å². The first-order valence-electron chi connectivity index (χ1n) is 5.35. The van der Waals surface area contributed by atoms with E-state index in [0.29, 0.717) is 25.1 Å². The van der Waals surface area contributed by atoms with Gasteiger partial charge in [-0.3, -0.25) is 4.79 Å². The highest BCUT2D eigenvalue weighted by atomic mass is 16.5. The summed E-state index contributed by atoms with van der Waals surface area (Å²) in [5.41, 5.74) is 0.337. The van der Waals surface area contributed by atoms with E-state index < -0.39 is 12.0 Å². The number of carbonyl (C=O) groups excluding carboxylic acids is 1. The van der Waals surface area contributed by atoms with Crippen LogP contribution in [0.5, 0.6) is 0 Å². The topological polar surface area (TPSA) is 75.6 Å². The van der Waals surface area contributed by atoms with Crippen LogP contribution in [0, 0.1) is 0 Å². The van der Waals surface area contributed by atoms with E-state index in [2.05, 4.69) is 5.32 Å². The van der Waals surface area contributed by atoms with Gasteiger partial charge in [0.05, 0.1) is 6.61 Å². The highest BCUT2D eigenvalue weighted by Gasteiger charge is 2.12. The van der Waals surface area contributed by atoms with Crippen LogP contribution < -0.4 is 5.32 Å². The van der Waals surface area contributed by atoms with Gasteiger partial charge < -0.3 is 15.2 Å². The third kappa shape index (κ3) is 5.50. The van der Waals surface area contributed by atoms with Gasteiger partial charge in [0.15, 0.2) is 0 Å². The minimum atomic E-state index is -0.923. The monoisotopic (exact) mass is 229 g/mol. The van der Waals surface area contributed by atoms with Crippen molar-refractivity contribution in [1.82, 2.24) is 5.32 Å². The Hall–Kier alpha value is -1.36. The zero-order valence-corrected chi connectivity index (χ0v) is 9.95. The minimum Gasteiger partial charge on any atom is -0.478 e. The Kier molecular flexibility index (Phi) is 7.20. The summed E-state index contributed by atoms with van der Waals surface area (Å²) in [6.07, 6.45) is 2.03. The lowest BCUT2D eigenvalue weighted by molar-refractivity contribution is -0.145. The predicted octanol–water partition coefficient (Wildman–Crippen LogP) is 0.949. The van der Waals surface area contributed by atoms with Gasteiger partial charge in [-0.1, -0.05) is 13.0 Å². The van der Waals surface area contributed by atoms with Gasteiger partial charge in [-0.2, -0.15) is 0 Å². The maximum Gasteiger partial charge on any atom is 0.331 e. The molecule has 0 saturated heterocycles. The minimum absolute atomic E-state index is 0.329. The molecular weight excluding hydrogens is 210 g/mol. The molecule has 1 unspecified atom stereocenters. The van der Waals surface area contributed by atoms with Gasteiger partial charge >= 0.3 is 11.9 Å². The van der Waals surface area contributed by atoms with Crippen molar-refractivity contribution in [3.05, 3.63) is 11.6 Å². The van der Waals surface area contributed by atoms with Crippen LogP contribution in [0.25, 0.3) is 0 Å². The molecule has 0 heterocycles. The molecule has 92 valence electrons. The van der Waals surface area contributed by atoms with Crippen molar-refractivity contribution >= 4 is 11.9 Å². The molecule has 0 fully saturated rings. The van der Waals surface area contributed by atoms with E-state index >= 15 is 0 Å². The molecule has 0 spiro atoms. The fourth-order valence-corrected chi connectivity index (χ4v) is 1.09. The summed E-state index contributed by atoms with van der Waals surface area (Å²) in [6.45, 7) is 5.88. The highest BCUT2D eigenvalue weighted by Crippen LogP contribution is 1.99. The molecule has 0 aromatic heterocycles. The Morgan fingerprint density at radius 1 is 1.44 bits per heavy atom. The number of carbonyl (C=O) groups is 2. The number of carboxylic acids is 1. The molecule has 0 aromatic carbocycles. The Labute approximate surface area is 95.5 Å². The van der Waals surface area contributed by atoms with E-state index in [9.17, 15) is 9.59 Å². The lowest BCUT2D eigenvalue weighted by Gasteiger charge is -2.10. The van der Waals surface area contributed by atoms with Gasteiger partial charge in [-0.25, -0.2) is 4.79 Å². The van der Waals surface area contributed by atoms with Crippen LogP contribution in [0.3, 0.4) is 0 Å². The van der Waals surface area contributed by atoms with Crippen molar-refractivity contribution in [2.45, 2.75) is 33.2 Å². The van der Waals surface area contributed by atoms with E-state index in [0.717, 1.165) is 0 Å². The van der Waals surface area contributed by atoms with Crippen molar-refractivity contribution in [2.24, 2.45) is 0 Å². The van der Waals surface area contributed by atoms with Gasteiger partial charge in [-0.05, 0) is 20.3 Å². The molecular formula is C11H19NO4. The molecule has 2 N–H and O–H groups in total. The third-order valence-corrected chi connectivity index (χ3v) is 2.07. The first kappa shape index (κ1) is 14.6. The van der Waals surface area contributed by atoms with Crippen LogP contribution in [-0.4, -0.2) is 36.2 Å². The molecule has 0 radical (unpaired) electrons. The fraction of sp³-hybridized carbons (Fsp3) is 0.636. The zero-order chi connectivity index (χ0) is 12.6. The van der Waals surface area contributed by atoms with Gasteiger partial charge in [0, 0.05) is 12.1 Å². The van der Waals surface area contributed by atoms with Crippen molar-refractivity contribution in [1.29, 1.82) is 0 Å². The summed E-state index contributed by atoms with van der Waals surface area (Å²) in [6, 6.07) is -0.428. The van der Waals surface area contributed by atoms with E-state index in [1.807, 2.05) is 0 Å². The zero-order valence-electron chi connectivity index (χ0n) is 9.95. The van der Waals surface area contributed by atoms with Gasteiger partial charge in [0.2, 0.25) is 0 Å². The predicted molar refractivity (Wildman–Crippen MR) is 60.1 cm³/mol. The van der Waals surface area contributed by atoms with E-state index in [1.165, 1.54) is 0 Å². The number of esters is 1. The summed E-state index contributed by atoms with van der Waals surface area (Å²) >= 11 is 0. The summed E-state index contributed by atoms with van der Waals surface area (Å²) in [7, 11) is 0. The van der Waals surface area contributed by atoms with Gasteiger partial charge in [0.1, 0.15) is 6.04 Å². The van der Waals surface area contributed by atoms with E-state index in [4.69, 9.17) is 9.84 Å². The van der Waals surface area contributed by atoms with Crippen molar-refractivity contribution < 1.29 is 19.4 Å². The SMILES string of the molecule is CCOC(=O)C(C)NC/C=C(/CC)C(=O)O. The molecule has 0 rings (SSSR count). The van der Waals surface area contributed by atoms with Crippen LogP contribution in [-0.2, 0) is 14.3 Å². The Morgan fingerprint density at radius 2 is 2.06 bits per heavy atom. The number of rotatable bonds is 7. The molecule has 0 bridgehead atoms. The Balaban J connectivity index is 4.05. The quantitative estimate of drug-likeness (QED) is 0.502. The number of carboxylic acid groups (broad SMARTS) is 1. The second kappa shape index (κ2) is 7.87. The van der Waals surface area contributed by atoms with Crippen LogP contribution >= 0.6 is 0 Å². The third-order valence-electron chi connectivity index (χ3n) is 2.07. The molecule has 0 saturated carbocycles. The highest BCUT2D eigenvalue weighted by molar-refractivity contribution is 5.86. The van der Waals surface area contributed by atoms with Crippen molar-refractivity contribution in [3.63, 3.8) is 0 Å². The molecule has 1 atom stereocenters. The largest absolute Gasteiger partial charge is 0.478 e. The van der Waals surface area contributed by atoms with E-state index in [-0.39, 0.29) is 5.97 Å². The van der Waals surface area contributed by atoms with Crippen LogP contribution in [0.1, 0.15) is 27.2 Å². The molecule has 5 nitrogen and oxygen atoms in total.